The van der Waals surface area contributed by atoms with E-state index in [1.54, 1.807) is 0 Å². The van der Waals surface area contributed by atoms with E-state index in [4.69, 9.17) is 0 Å². The highest BCUT2D eigenvalue weighted by Crippen LogP contribution is 2.14. The number of hydrogen-bond acceptors (Lipinski definition) is 2. The monoisotopic (exact) mass is 280 g/mol. The molecule has 1 aliphatic heterocycles. The second kappa shape index (κ2) is 6.88. The van der Waals surface area contributed by atoms with Gasteiger partial charge in [0.15, 0.2) is 0 Å². The molecule has 1 aliphatic rings. The molecular weight excluding hydrogens is 256 g/mol. The van der Waals surface area contributed by atoms with Gasteiger partial charge in [0.2, 0.25) is 0 Å². The van der Waals surface area contributed by atoms with Crippen LogP contribution in [0.1, 0.15) is 23.1 Å². The fourth-order valence-corrected chi connectivity index (χ4v) is 3.05. The van der Waals surface area contributed by atoms with Crippen molar-refractivity contribution in [2.45, 2.75) is 32.5 Å². The summed E-state index contributed by atoms with van der Waals surface area (Å²) in [5, 5.41) is 3.71. The van der Waals surface area contributed by atoms with Crippen molar-refractivity contribution in [1.29, 1.82) is 0 Å². The summed E-state index contributed by atoms with van der Waals surface area (Å²) in [5.74, 6) is 0. The van der Waals surface area contributed by atoms with E-state index in [0.29, 0.717) is 6.04 Å². The summed E-state index contributed by atoms with van der Waals surface area (Å²) in [7, 11) is 0. The van der Waals surface area contributed by atoms with Crippen LogP contribution in [0.3, 0.4) is 0 Å². The van der Waals surface area contributed by atoms with Crippen LogP contribution in [0, 0.1) is 6.92 Å². The van der Waals surface area contributed by atoms with Crippen molar-refractivity contribution in [2.75, 3.05) is 13.1 Å². The third-order valence-electron chi connectivity index (χ3n) is 4.36. The van der Waals surface area contributed by atoms with E-state index in [2.05, 4.69) is 71.7 Å². The number of nitrogens with one attached hydrogen (secondary N) is 1. The van der Waals surface area contributed by atoms with Crippen LogP contribution >= 0.6 is 0 Å². The molecule has 1 fully saturated rings. The van der Waals surface area contributed by atoms with Gasteiger partial charge in [-0.1, -0.05) is 54.6 Å². The van der Waals surface area contributed by atoms with Crippen molar-refractivity contribution in [2.24, 2.45) is 0 Å². The van der Waals surface area contributed by atoms with Gasteiger partial charge in [0, 0.05) is 32.2 Å². The molecule has 2 aromatic carbocycles. The second-order valence-corrected chi connectivity index (χ2v) is 6.01. The van der Waals surface area contributed by atoms with Gasteiger partial charge in [-0.3, -0.25) is 4.90 Å². The maximum atomic E-state index is 3.71. The molecule has 21 heavy (non-hydrogen) atoms. The van der Waals surface area contributed by atoms with E-state index in [0.717, 1.165) is 19.6 Å². The zero-order valence-corrected chi connectivity index (χ0v) is 12.8. The number of rotatable bonds is 5. The number of nitrogens with zero attached hydrogens (tertiary/aromatic N) is 1. The molecule has 1 unspecified atom stereocenters. The molecule has 0 aliphatic carbocycles. The van der Waals surface area contributed by atoms with Gasteiger partial charge in [-0.05, 0) is 30.0 Å². The van der Waals surface area contributed by atoms with Crippen LogP contribution in [0.5, 0.6) is 0 Å². The van der Waals surface area contributed by atoms with Crippen LogP contribution in [0.25, 0.3) is 0 Å². The molecule has 1 heterocycles. The predicted molar refractivity (Wildman–Crippen MR) is 88.1 cm³/mol. The van der Waals surface area contributed by atoms with Gasteiger partial charge in [-0.2, -0.15) is 0 Å². The van der Waals surface area contributed by atoms with Gasteiger partial charge in [-0.25, -0.2) is 0 Å². The van der Waals surface area contributed by atoms with Crippen molar-refractivity contribution < 1.29 is 0 Å². The van der Waals surface area contributed by atoms with Gasteiger partial charge in [0.1, 0.15) is 0 Å². The van der Waals surface area contributed by atoms with E-state index in [9.17, 15) is 0 Å². The van der Waals surface area contributed by atoms with Crippen molar-refractivity contribution in [1.82, 2.24) is 10.2 Å². The maximum absolute atomic E-state index is 3.71. The third kappa shape index (κ3) is 3.93. The zero-order valence-electron chi connectivity index (χ0n) is 12.8. The van der Waals surface area contributed by atoms with E-state index < -0.39 is 0 Å². The molecule has 110 valence electrons. The van der Waals surface area contributed by atoms with Crippen LogP contribution in [0.15, 0.2) is 54.6 Å². The van der Waals surface area contributed by atoms with Crippen LogP contribution in [0.2, 0.25) is 0 Å². The summed E-state index contributed by atoms with van der Waals surface area (Å²) in [6.45, 7) is 6.59. The first kappa shape index (κ1) is 14.3. The van der Waals surface area contributed by atoms with Gasteiger partial charge in [0.05, 0.1) is 0 Å². The molecule has 1 atom stereocenters. The van der Waals surface area contributed by atoms with Crippen LogP contribution in [-0.2, 0) is 13.1 Å². The Bertz CT molecular complexity index is 565. The Labute approximate surface area is 127 Å². The molecular formula is C19H24N2. The molecule has 0 spiro atoms. The molecule has 3 rings (SSSR count). The Kier molecular flexibility index (Phi) is 4.69. The Hall–Kier alpha value is -1.64. The molecule has 0 saturated carbocycles. The third-order valence-corrected chi connectivity index (χ3v) is 4.36. The highest BCUT2D eigenvalue weighted by molar-refractivity contribution is 5.25. The second-order valence-electron chi connectivity index (χ2n) is 6.01. The molecule has 1 saturated heterocycles. The van der Waals surface area contributed by atoms with E-state index in [1.165, 1.54) is 29.7 Å². The van der Waals surface area contributed by atoms with Crippen LogP contribution < -0.4 is 5.32 Å². The van der Waals surface area contributed by atoms with Crippen molar-refractivity contribution in [3.8, 4) is 0 Å². The van der Waals surface area contributed by atoms with Crippen molar-refractivity contribution in [3.63, 3.8) is 0 Å². The summed E-state index contributed by atoms with van der Waals surface area (Å²) < 4.78 is 0. The lowest BCUT2D eigenvalue weighted by Crippen LogP contribution is -2.32. The smallest absolute Gasteiger partial charge is 0.0234 e. The van der Waals surface area contributed by atoms with E-state index >= 15 is 0 Å². The quantitative estimate of drug-likeness (QED) is 0.903. The minimum atomic E-state index is 0.619. The number of likely N-dealkylation sites (tertiary alicyclic amines) is 1. The van der Waals surface area contributed by atoms with Gasteiger partial charge in [-0.15, -0.1) is 0 Å². The highest BCUT2D eigenvalue weighted by Gasteiger charge is 2.21. The maximum Gasteiger partial charge on any atom is 0.0234 e. The SMILES string of the molecule is Cc1ccccc1CNC1CCN(Cc2ccccc2)C1. The van der Waals surface area contributed by atoms with Crippen LogP contribution in [-0.4, -0.2) is 24.0 Å². The molecule has 0 aromatic heterocycles. The zero-order chi connectivity index (χ0) is 14.5. The molecule has 0 radical (unpaired) electrons. The summed E-state index contributed by atoms with van der Waals surface area (Å²) in [5.41, 5.74) is 4.21. The van der Waals surface area contributed by atoms with E-state index in [-0.39, 0.29) is 0 Å². The first-order valence-corrected chi connectivity index (χ1v) is 7.85. The molecule has 2 nitrogen and oxygen atoms in total. The van der Waals surface area contributed by atoms with E-state index in [1.807, 2.05) is 0 Å². The Morgan fingerprint density at radius 3 is 2.62 bits per heavy atom. The Morgan fingerprint density at radius 1 is 1.05 bits per heavy atom. The van der Waals surface area contributed by atoms with Gasteiger partial charge >= 0.3 is 0 Å². The number of aryl methyl sites for hydroxylation is 1. The minimum Gasteiger partial charge on any atom is -0.309 e. The number of hydrogen-bond donors (Lipinski definition) is 1. The summed E-state index contributed by atoms with van der Waals surface area (Å²) in [4.78, 5) is 2.55. The molecule has 1 N–H and O–H groups in total. The summed E-state index contributed by atoms with van der Waals surface area (Å²) >= 11 is 0. The molecule has 0 bridgehead atoms. The van der Waals surface area contributed by atoms with Crippen molar-refractivity contribution >= 4 is 0 Å². The lowest BCUT2D eigenvalue weighted by atomic mass is 10.1. The fraction of sp³-hybridized carbons (Fsp3) is 0.368. The highest BCUT2D eigenvalue weighted by atomic mass is 15.2. The topological polar surface area (TPSA) is 15.3 Å². The predicted octanol–water partition coefficient (Wildman–Crippen LogP) is 3.36. The Balaban J connectivity index is 1.48. The van der Waals surface area contributed by atoms with Crippen LogP contribution in [0.4, 0.5) is 0 Å². The summed E-state index contributed by atoms with van der Waals surface area (Å²) in [6, 6.07) is 20.0. The lowest BCUT2D eigenvalue weighted by Gasteiger charge is -2.17. The normalized spacial score (nSPS) is 19.0. The standard InChI is InChI=1S/C19H24N2/c1-16-7-5-6-10-18(16)13-20-19-11-12-21(15-19)14-17-8-3-2-4-9-17/h2-10,19-20H,11-15H2,1H3. The van der Waals surface area contributed by atoms with Gasteiger partial charge in [0.25, 0.3) is 0 Å². The molecule has 0 amide bonds. The van der Waals surface area contributed by atoms with Gasteiger partial charge < -0.3 is 5.32 Å². The lowest BCUT2D eigenvalue weighted by molar-refractivity contribution is 0.320. The average molecular weight is 280 g/mol. The first-order valence-electron chi connectivity index (χ1n) is 7.85. The largest absolute Gasteiger partial charge is 0.309 e. The first-order chi connectivity index (χ1) is 10.3. The molecule has 2 aromatic rings. The average Bonchev–Trinajstić information content (AvgIpc) is 2.95. The Morgan fingerprint density at radius 2 is 1.81 bits per heavy atom. The summed E-state index contributed by atoms with van der Waals surface area (Å²) in [6.07, 6.45) is 1.25. The minimum absolute atomic E-state index is 0.619. The number of benzene rings is 2. The fourth-order valence-electron chi connectivity index (χ4n) is 3.05. The molecule has 2 heteroatoms. The van der Waals surface area contributed by atoms with Crippen molar-refractivity contribution in [3.05, 3.63) is 71.3 Å².